The van der Waals surface area contributed by atoms with Crippen molar-refractivity contribution in [2.75, 3.05) is 10.6 Å². The summed E-state index contributed by atoms with van der Waals surface area (Å²) >= 11 is 6.08. The van der Waals surface area contributed by atoms with E-state index in [4.69, 9.17) is 11.6 Å². The average Bonchev–Trinajstić information content (AvgIpc) is 2.66. The first-order valence-corrected chi connectivity index (χ1v) is 8.72. The highest BCUT2D eigenvalue weighted by atomic mass is 35.5. The van der Waals surface area contributed by atoms with Gasteiger partial charge in [0.25, 0.3) is 11.8 Å². The number of para-hydroxylation sites is 1. The Morgan fingerprint density at radius 1 is 0.889 bits per heavy atom. The van der Waals surface area contributed by atoms with Gasteiger partial charge in [-0.25, -0.2) is 0 Å². The lowest BCUT2D eigenvalue weighted by Gasteiger charge is -2.09. The SMILES string of the molecule is Cc1ccc(NC(=O)c2cc(C(=O)Nc3ccccc3C)ccn2)cc1Cl. The molecule has 0 saturated heterocycles. The number of anilines is 2. The maximum Gasteiger partial charge on any atom is 0.274 e. The summed E-state index contributed by atoms with van der Waals surface area (Å²) in [5.74, 6) is -0.723. The highest BCUT2D eigenvalue weighted by Gasteiger charge is 2.13. The molecule has 0 aliphatic rings. The van der Waals surface area contributed by atoms with Gasteiger partial charge < -0.3 is 10.6 Å². The van der Waals surface area contributed by atoms with Crippen LogP contribution in [0.15, 0.2) is 60.8 Å². The van der Waals surface area contributed by atoms with Gasteiger partial charge in [-0.2, -0.15) is 0 Å². The lowest BCUT2D eigenvalue weighted by atomic mass is 10.1. The molecule has 2 amide bonds. The zero-order valence-corrected chi connectivity index (χ0v) is 15.7. The number of benzene rings is 2. The third-order valence-electron chi connectivity index (χ3n) is 4.08. The molecule has 5 nitrogen and oxygen atoms in total. The third-order valence-corrected chi connectivity index (χ3v) is 4.48. The number of aryl methyl sites for hydroxylation is 2. The molecule has 0 aliphatic heterocycles. The van der Waals surface area contributed by atoms with E-state index < -0.39 is 5.91 Å². The normalized spacial score (nSPS) is 10.3. The molecule has 136 valence electrons. The molecule has 1 heterocycles. The van der Waals surface area contributed by atoms with Gasteiger partial charge in [-0.3, -0.25) is 14.6 Å². The second kappa shape index (κ2) is 8.01. The number of nitrogens with zero attached hydrogens (tertiary/aromatic N) is 1. The molecule has 0 bridgehead atoms. The van der Waals surface area contributed by atoms with Crippen molar-refractivity contribution in [3.8, 4) is 0 Å². The van der Waals surface area contributed by atoms with Crippen molar-refractivity contribution in [2.45, 2.75) is 13.8 Å². The summed E-state index contributed by atoms with van der Waals surface area (Å²) in [5.41, 5.74) is 3.65. The Hall–Kier alpha value is -3.18. The number of carbonyl (C=O) groups is 2. The fourth-order valence-electron chi connectivity index (χ4n) is 2.47. The summed E-state index contributed by atoms with van der Waals surface area (Å²) in [6.45, 7) is 3.79. The van der Waals surface area contributed by atoms with Gasteiger partial charge in [0.2, 0.25) is 0 Å². The molecule has 1 aromatic heterocycles. The maximum absolute atomic E-state index is 12.5. The van der Waals surface area contributed by atoms with Crippen LogP contribution in [0.3, 0.4) is 0 Å². The Morgan fingerprint density at radius 2 is 1.67 bits per heavy atom. The Bertz CT molecular complexity index is 1020. The molecule has 0 aliphatic carbocycles. The molecule has 0 fully saturated rings. The minimum Gasteiger partial charge on any atom is -0.322 e. The Labute approximate surface area is 162 Å². The Balaban J connectivity index is 1.76. The van der Waals surface area contributed by atoms with Crippen LogP contribution in [0.1, 0.15) is 32.0 Å². The lowest BCUT2D eigenvalue weighted by molar-refractivity contribution is 0.102. The quantitative estimate of drug-likeness (QED) is 0.680. The molecule has 3 aromatic rings. The van der Waals surface area contributed by atoms with Crippen LogP contribution in [0.25, 0.3) is 0 Å². The number of pyridine rings is 1. The third kappa shape index (κ3) is 4.51. The summed E-state index contributed by atoms with van der Waals surface area (Å²) < 4.78 is 0. The number of nitrogens with one attached hydrogen (secondary N) is 2. The Kier molecular flexibility index (Phi) is 5.52. The smallest absolute Gasteiger partial charge is 0.274 e. The summed E-state index contributed by atoms with van der Waals surface area (Å²) in [6, 6.07) is 15.7. The number of halogens is 1. The van der Waals surface area contributed by atoms with Gasteiger partial charge in [-0.05, 0) is 55.3 Å². The van der Waals surface area contributed by atoms with Crippen LogP contribution in [-0.4, -0.2) is 16.8 Å². The first-order chi connectivity index (χ1) is 12.9. The van der Waals surface area contributed by atoms with E-state index in [9.17, 15) is 9.59 Å². The number of carbonyl (C=O) groups excluding carboxylic acids is 2. The Morgan fingerprint density at radius 3 is 2.41 bits per heavy atom. The summed E-state index contributed by atoms with van der Waals surface area (Å²) in [6.07, 6.45) is 1.43. The molecule has 0 spiro atoms. The van der Waals surface area contributed by atoms with E-state index in [1.54, 1.807) is 18.2 Å². The van der Waals surface area contributed by atoms with E-state index in [2.05, 4.69) is 15.6 Å². The number of hydrogen-bond acceptors (Lipinski definition) is 3. The zero-order valence-electron chi connectivity index (χ0n) is 14.9. The molecular weight excluding hydrogens is 362 g/mol. The van der Waals surface area contributed by atoms with E-state index in [1.807, 2.05) is 44.2 Å². The van der Waals surface area contributed by atoms with Crippen LogP contribution < -0.4 is 10.6 Å². The van der Waals surface area contributed by atoms with Crippen LogP contribution in [-0.2, 0) is 0 Å². The van der Waals surface area contributed by atoms with Crippen LogP contribution in [0, 0.1) is 13.8 Å². The predicted octanol–water partition coefficient (Wildman–Crippen LogP) is 4.86. The van der Waals surface area contributed by atoms with E-state index >= 15 is 0 Å². The number of hydrogen-bond donors (Lipinski definition) is 2. The topological polar surface area (TPSA) is 71.1 Å². The van der Waals surface area contributed by atoms with Crippen LogP contribution in [0.5, 0.6) is 0 Å². The van der Waals surface area contributed by atoms with Crippen molar-refractivity contribution in [1.82, 2.24) is 4.98 Å². The first-order valence-electron chi connectivity index (χ1n) is 8.34. The minimum absolute atomic E-state index is 0.143. The van der Waals surface area contributed by atoms with Crippen molar-refractivity contribution < 1.29 is 9.59 Å². The molecule has 0 radical (unpaired) electrons. The van der Waals surface area contributed by atoms with Gasteiger partial charge in [0.15, 0.2) is 0 Å². The summed E-state index contributed by atoms with van der Waals surface area (Å²) in [5, 5.41) is 6.14. The highest BCUT2D eigenvalue weighted by molar-refractivity contribution is 6.31. The van der Waals surface area contributed by atoms with Crippen LogP contribution >= 0.6 is 11.6 Å². The predicted molar refractivity (Wildman–Crippen MR) is 108 cm³/mol. The summed E-state index contributed by atoms with van der Waals surface area (Å²) in [7, 11) is 0. The molecule has 0 atom stereocenters. The molecule has 3 rings (SSSR count). The molecule has 2 aromatic carbocycles. The molecule has 2 N–H and O–H groups in total. The standard InChI is InChI=1S/C21H18ClN3O2/c1-13-7-8-16(12-17(13)22)24-21(27)19-11-15(9-10-23-19)20(26)25-18-6-4-3-5-14(18)2/h3-12H,1-2H3,(H,24,27)(H,25,26). The fraction of sp³-hybridized carbons (Fsp3) is 0.0952. The number of aromatic nitrogens is 1. The molecular formula is C21H18ClN3O2. The van der Waals surface area contributed by atoms with Gasteiger partial charge in [-0.1, -0.05) is 35.9 Å². The van der Waals surface area contributed by atoms with Gasteiger partial charge in [0, 0.05) is 28.2 Å². The van der Waals surface area contributed by atoms with Gasteiger partial charge in [0.05, 0.1) is 0 Å². The number of rotatable bonds is 4. The maximum atomic E-state index is 12.5. The van der Waals surface area contributed by atoms with Crippen molar-refractivity contribution >= 4 is 34.8 Å². The van der Waals surface area contributed by atoms with E-state index in [-0.39, 0.29) is 11.6 Å². The monoisotopic (exact) mass is 379 g/mol. The minimum atomic E-state index is -0.416. The fourth-order valence-corrected chi connectivity index (χ4v) is 2.65. The molecule has 6 heteroatoms. The molecule has 0 saturated carbocycles. The van der Waals surface area contributed by atoms with Crippen molar-refractivity contribution in [1.29, 1.82) is 0 Å². The highest BCUT2D eigenvalue weighted by Crippen LogP contribution is 2.20. The van der Waals surface area contributed by atoms with Gasteiger partial charge in [-0.15, -0.1) is 0 Å². The van der Waals surface area contributed by atoms with E-state index in [0.717, 1.165) is 16.8 Å². The number of amides is 2. The molecule has 27 heavy (non-hydrogen) atoms. The van der Waals surface area contributed by atoms with Crippen molar-refractivity contribution in [3.63, 3.8) is 0 Å². The van der Waals surface area contributed by atoms with Crippen LogP contribution in [0.4, 0.5) is 11.4 Å². The second-order valence-corrected chi connectivity index (χ2v) is 6.52. The lowest BCUT2D eigenvalue weighted by Crippen LogP contribution is -2.17. The van der Waals surface area contributed by atoms with Gasteiger partial charge >= 0.3 is 0 Å². The molecule has 0 unspecified atom stereocenters. The van der Waals surface area contributed by atoms with Crippen molar-refractivity contribution in [3.05, 3.63) is 88.2 Å². The zero-order chi connectivity index (χ0) is 19.4. The van der Waals surface area contributed by atoms with Gasteiger partial charge in [0.1, 0.15) is 5.69 Å². The first kappa shape index (κ1) is 18.6. The largest absolute Gasteiger partial charge is 0.322 e. The summed E-state index contributed by atoms with van der Waals surface area (Å²) in [4.78, 5) is 29.0. The van der Waals surface area contributed by atoms with Crippen LogP contribution in [0.2, 0.25) is 5.02 Å². The van der Waals surface area contributed by atoms with E-state index in [0.29, 0.717) is 16.3 Å². The van der Waals surface area contributed by atoms with E-state index in [1.165, 1.54) is 12.3 Å². The average molecular weight is 380 g/mol. The van der Waals surface area contributed by atoms with Crippen molar-refractivity contribution in [2.24, 2.45) is 0 Å². The second-order valence-electron chi connectivity index (χ2n) is 6.12.